The molecule has 4 bridgehead atoms. The molecule has 4 fully saturated rings. The molecule has 0 heterocycles. The predicted molar refractivity (Wildman–Crippen MR) is 113 cm³/mol. The first-order valence-corrected chi connectivity index (χ1v) is 10.8. The van der Waals surface area contributed by atoms with Gasteiger partial charge in [0.2, 0.25) is 0 Å². The van der Waals surface area contributed by atoms with Crippen molar-refractivity contribution in [2.24, 2.45) is 17.8 Å². The third-order valence-corrected chi connectivity index (χ3v) is 7.57. The van der Waals surface area contributed by atoms with Gasteiger partial charge in [0, 0.05) is 6.08 Å². The van der Waals surface area contributed by atoms with Crippen LogP contribution in [0.3, 0.4) is 0 Å². The SMILES string of the molecule is Cc1cc(/C=C/C(=O)O)ccc1-c1ccc([O-])c(C23CC4CC(CC(C4)C2)C3)c1. The molecule has 2 aromatic carbocycles. The lowest BCUT2D eigenvalue weighted by Crippen LogP contribution is -2.48. The van der Waals surface area contributed by atoms with Gasteiger partial charge in [-0.05, 0) is 103 Å². The molecule has 4 aliphatic rings. The fourth-order valence-electron chi connectivity index (χ4n) is 6.83. The quantitative estimate of drug-likeness (QED) is 0.724. The van der Waals surface area contributed by atoms with Gasteiger partial charge in [0.05, 0.1) is 0 Å². The highest BCUT2D eigenvalue weighted by Gasteiger charge is 2.51. The molecule has 0 amide bonds. The number of aliphatic carboxylic acids is 1. The van der Waals surface area contributed by atoms with Gasteiger partial charge in [-0.3, -0.25) is 0 Å². The van der Waals surface area contributed by atoms with E-state index in [9.17, 15) is 9.90 Å². The maximum Gasteiger partial charge on any atom is 0.328 e. The molecule has 29 heavy (non-hydrogen) atoms. The molecule has 3 nitrogen and oxygen atoms in total. The highest BCUT2D eigenvalue weighted by molar-refractivity contribution is 5.85. The van der Waals surface area contributed by atoms with E-state index in [1.54, 1.807) is 12.1 Å². The summed E-state index contributed by atoms with van der Waals surface area (Å²) < 4.78 is 0. The Bertz CT molecular complexity index is 966. The van der Waals surface area contributed by atoms with E-state index in [-0.39, 0.29) is 11.2 Å². The first-order chi connectivity index (χ1) is 13.9. The number of benzene rings is 2. The van der Waals surface area contributed by atoms with Crippen LogP contribution in [-0.4, -0.2) is 11.1 Å². The minimum atomic E-state index is -0.946. The zero-order valence-corrected chi connectivity index (χ0v) is 16.9. The third-order valence-electron chi connectivity index (χ3n) is 7.57. The second-order valence-corrected chi connectivity index (χ2v) is 9.65. The van der Waals surface area contributed by atoms with Crippen molar-refractivity contribution in [2.45, 2.75) is 50.9 Å². The molecule has 0 aromatic heterocycles. The van der Waals surface area contributed by atoms with Crippen LogP contribution in [0.1, 0.15) is 55.2 Å². The molecule has 150 valence electrons. The zero-order valence-electron chi connectivity index (χ0n) is 16.9. The summed E-state index contributed by atoms with van der Waals surface area (Å²) >= 11 is 0. The average molecular weight is 387 g/mol. The number of carboxylic acid groups (broad SMARTS) is 1. The molecule has 0 radical (unpaired) electrons. The lowest BCUT2D eigenvalue weighted by atomic mass is 9.48. The second-order valence-electron chi connectivity index (χ2n) is 9.65. The van der Waals surface area contributed by atoms with Crippen molar-refractivity contribution < 1.29 is 15.0 Å². The highest BCUT2D eigenvalue weighted by atomic mass is 16.4. The normalized spacial score (nSPS) is 30.2. The van der Waals surface area contributed by atoms with Crippen molar-refractivity contribution in [3.8, 4) is 16.9 Å². The molecule has 6 rings (SSSR count). The maximum absolute atomic E-state index is 12.9. The van der Waals surface area contributed by atoms with E-state index in [2.05, 4.69) is 6.07 Å². The Morgan fingerprint density at radius 2 is 1.69 bits per heavy atom. The summed E-state index contributed by atoms with van der Waals surface area (Å²) in [5.41, 5.74) is 5.32. The van der Waals surface area contributed by atoms with Crippen LogP contribution in [0.4, 0.5) is 0 Å². The van der Waals surface area contributed by atoms with Crippen LogP contribution in [0.2, 0.25) is 0 Å². The minimum Gasteiger partial charge on any atom is -0.872 e. The van der Waals surface area contributed by atoms with Gasteiger partial charge in [-0.15, -0.1) is 5.75 Å². The van der Waals surface area contributed by atoms with E-state index in [4.69, 9.17) is 5.11 Å². The standard InChI is InChI=1S/C26H28O3/c1-16-8-17(3-7-25(28)29)2-5-22(16)21-4-6-24(27)23(12-21)26-13-18-9-19(14-26)11-20(10-18)15-26/h2-8,12,18-20,27H,9-11,13-15H2,1H3,(H,28,29)/p-1/b7-3+. The number of carbonyl (C=O) groups is 1. The Labute approximate surface area is 172 Å². The lowest BCUT2D eigenvalue weighted by Gasteiger charge is -2.58. The maximum atomic E-state index is 12.9. The lowest BCUT2D eigenvalue weighted by molar-refractivity contribution is -0.271. The largest absolute Gasteiger partial charge is 0.872 e. The first-order valence-electron chi connectivity index (χ1n) is 10.8. The molecule has 4 saturated carbocycles. The van der Waals surface area contributed by atoms with E-state index in [0.717, 1.165) is 51.6 Å². The van der Waals surface area contributed by atoms with E-state index in [1.165, 1.54) is 38.5 Å². The average Bonchev–Trinajstić information content (AvgIpc) is 2.66. The van der Waals surface area contributed by atoms with Gasteiger partial charge < -0.3 is 10.2 Å². The number of aryl methyl sites for hydroxylation is 1. The van der Waals surface area contributed by atoms with Crippen molar-refractivity contribution in [1.29, 1.82) is 0 Å². The number of carboxylic acids is 1. The summed E-state index contributed by atoms with van der Waals surface area (Å²) in [4.78, 5) is 10.8. The highest BCUT2D eigenvalue weighted by Crippen LogP contribution is 2.61. The van der Waals surface area contributed by atoms with Gasteiger partial charge in [-0.25, -0.2) is 4.79 Å². The topological polar surface area (TPSA) is 60.4 Å². The fourth-order valence-corrected chi connectivity index (χ4v) is 6.83. The molecule has 0 aliphatic heterocycles. The van der Waals surface area contributed by atoms with Crippen molar-refractivity contribution in [1.82, 2.24) is 0 Å². The molecule has 1 N–H and O–H groups in total. The molecular weight excluding hydrogens is 360 g/mol. The zero-order chi connectivity index (χ0) is 20.2. The molecule has 0 saturated heterocycles. The first kappa shape index (κ1) is 18.5. The molecule has 0 atom stereocenters. The van der Waals surface area contributed by atoms with Gasteiger partial charge in [-0.2, -0.15) is 0 Å². The summed E-state index contributed by atoms with van der Waals surface area (Å²) in [7, 11) is 0. The Balaban J connectivity index is 1.51. The third kappa shape index (κ3) is 3.27. The number of rotatable bonds is 4. The Hall–Kier alpha value is -2.55. The molecule has 4 aliphatic carbocycles. The van der Waals surface area contributed by atoms with Crippen LogP contribution in [0.15, 0.2) is 42.5 Å². The van der Waals surface area contributed by atoms with Crippen molar-refractivity contribution >= 4 is 12.0 Å². The van der Waals surface area contributed by atoms with E-state index in [0.29, 0.717) is 0 Å². The van der Waals surface area contributed by atoms with Gasteiger partial charge in [0.1, 0.15) is 0 Å². The van der Waals surface area contributed by atoms with Crippen LogP contribution < -0.4 is 5.11 Å². The van der Waals surface area contributed by atoms with Gasteiger partial charge >= 0.3 is 5.97 Å². The Kier molecular flexibility index (Phi) is 4.31. The van der Waals surface area contributed by atoms with Crippen LogP contribution in [0, 0.1) is 24.7 Å². The summed E-state index contributed by atoms with van der Waals surface area (Å²) in [6.07, 6.45) is 10.5. The molecular formula is C26H27O3-. The number of hydrogen-bond donors (Lipinski definition) is 1. The Morgan fingerprint density at radius 1 is 1.03 bits per heavy atom. The summed E-state index contributed by atoms with van der Waals surface area (Å²) in [6.45, 7) is 2.04. The summed E-state index contributed by atoms with van der Waals surface area (Å²) in [5.74, 6) is 1.69. The predicted octanol–water partition coefficient (Wildman–Crippen LogP) is 5.30. The van der Waals surface area contributed by atoms with Gasteiger partial charge in [0.25, 0.3) is 0 Å². The summed E-state index contributed by atoms with van der Waals surface area (Å²) in [6, 6.07) is 11.9. The van der Waals surface area contributed by atoms with Crippen molar-refractivity contribution in [2.75, 3.05) is 0 Å². The molecule has 3 heteroatoms. The van der Waals surface area contributed by atoms with Crippen LogP contribution in [-0.2, 0) is 10.2 Å². The van der Waals surface area contributed by atoms with Crippen molar-refractivity contribution in [3.05, 3.63) is 59.2 Å². The van der Waals surface area contributed by atoms with E-state index in [1.807, 2.05) is 31.2 Å². The van der Waals surface area contributed by atoms with Crippen molar-refractivity contribution in [3.63, 3.8) is 0 Å². The smallest absolute Gasteiger partial charge is 0.328 e. The summed E-state index contributed by atoms with van der Waals surface area (Å²) in [5, 5.41) is 21.8. The Morgan fingerprint density at radius 3 is 2.28 bits per heavy atom. The van der Waals surface area contributed by atoms with Gasteiger partial charge in [-0.1, -0.05) is 36.4 Å². The van der Waals surface area contributed by atoms with E-state index >= 15 is 0 Å². The molecule has 2 aromatic rings. The van der Waals surface area contributed by atoms with Crippen LogP contribution >= 0.6 is 0 Å². The molecule has 0 spiro atoms. The fraction of sp³-hybridized carbons (Fsp3) is 0.423. The monoisotopic (exact) mass is 387 g/mol. The van der Waals surface area contributed by atoms with Crippen LogP contribution in [0.25, 0.3) is 17.2 Å². The van der Waals surface area contributed by atoms with E-state index < -0.39 is 5.97 Å². The van der Waals surface area contributed by atoms with Crippen LogP contribution in [0.5, 0.6) is 5.75 Å². The number of hydrogen-bond acceptors (Lipinski definition) is 2. The minimum absolute atomic E-state index is 0.0971. The van der Waals surface area contributed by atoms with Gasteiger partial charge in [0.15, 0.2) is 0 Å². The second kappa shape index (κ2) is 6.76. The molecule has 0 unspecified atom stereocenters.